The Morgan fingerprint density at radius 3 is 2.96 bits per heavy atom. The Labute approximate surface area is 155 Å². The molecule has 0 unspecified atom stereocenters. The van der Waals surface area contributed by atoms with Gasteiger partial charge in [0.05, 0.1) is 0 Å². The van der Waals surface area contributed by atoms with Crippen molar-refractivity contribution in [1.82, 2.24) is 14.3 Å². The third kappa shape index (κ3) is 3.10. The molecule has 0 N–H and O–H groups in total. The molecule has 2 aromatic heterocycles. The van der Waals surface area contributed by atoms with Crippen molar-refractivity contribution >= 4 is 27.9 Å². The molecular formula is C19H20N4O2S. The smallest absolute Gasteiger partial charge is 0.271 e. The van der Waals surface area contributed by atoms with Gasteiger partial charge in [0.1, 0.15) is 5.56 Å². The highest BCUT2D eigenvalue weighted by molar-refractivity contribution is 7.15. The predicted octanol–water partition coefficient (Wildman–Crippen LogP) is 2.35. The van der Waals surface area contributed by atoms with E-state index in [0.717, 1.165) is 19.5 Å². The molecule has 1 atom stereocenters. The van der Waals surface area contributed by atoms with Gasteiger partial charge in [-0.05, 0) is 24.5 Å². The van der Waals surface area contributed by atoms with E-state index in [1.165, 1.54) is 27.6 Å². The Morgan fingerprint density at radius 2 is 2.15 bits per heavy atom. The summed E-state index contributed by atoms with van der Waals surface area (Å²) in [5.74, 6) is 0.131. The topological polar surface area (TPSA) is 57.9 Å². The number of anilines is 1. The SMILES string of the molecule is CN(C[C@@H]1CCN(c2ccccc2)C1)C(=O)c1cnc2sccn2c1=O. The number of hydrogen-bond donors (Lipinski definition) is 0. The summed E-state index contributed by atoms with van der Waals surface area (Å²) in [4.78, 5) is 34.0. The third-order valence-electron chi connectivity index (χ3n) is 4.86. The predicted molar refractivity (Wildman–Crippen MR) is 103 cm³/mol. The zero-order valence-electron chi connectivity index (χ0n) is 14.5. The van der Waals surface area contributed by atoms with Gasteiger partial charge in [0, 0.05) is 50.1 Å². The Morgan fingerprint density at radius 1 is 1.35 bits per heavy atom. The standard InChI is InChI=1S/C19H20N4O2S/c1-21(12-14-7-8-22(13-14)15-5-3-2-4-6-15)17(24)16-11-20-19-23(18(16)25)9-10-26-19/h2-6,9-11,14H,7-8,12-13H2,1H3/t14-/m0/s1. The molecule has 1 amide bonds. The number of amides is 1. The average molecular weight is 368 g/mol. The number of nitrogens with zero attached hydrogens (tertiary/aromatic N) is 4. The van der Waals surface area contributed by atoms with Gasteiger partial charge in [0.2, 0.25) is 0 Å². The second-order valence-electron chi connectivity index (χ2n) is 6.65. The molecule has 3 heterocycles. The van der Waals surface area contributed by atoms with E-state index < -0.39 is 0 Å². The molecule has 6 nitrogen and oxygen atoms in total. The highest BCUT2D eigenvalue weighted by Gasteiger charge is 2.26. The normalized spacial score (nSPS) is 17.0. The van der Waals surface area contributed by atoms with Crippen LogP contribution in [0.2, 0.25) is 0 Å². The minimum absolute atomic E-state index is 0.126. The van der Waals surface area contributed by atoms with Crippen molar-refractivity contribution in [2.24, 2.45) is 5.92 Å². The van der Waals surface area contributed by atoms with Crippen LogP contribution in [0, 0.1) is 5.92 Å². The van der Waals surface area contributed by atoms with Crippen LogP contribution < -0.4 is 10.5 Å². The van der Waals surface area contributed by atoms with Gasteiger partial charge in [-0.1, -0.05) is 18.2 Å². The molecule has 0 spiro atoms. The number of aromatic nitrogens is 2. The largest absolute Gasteiger partial charge is 0.371 e. The van der Waals surface area contributed by atoms with E-state index in [1.807, 2.05) is 18.2 Å². The second kappa shape index (κ2) is 6.92. The van der Waals surface area contributed by atoms with Gasteiger partial charge in [-0.2, -0.15) is 0 Å². The molecule has 1 saturated heterocycles. The Balaban J connectivity index is 1.44. The minimum atomic E-state index is -0.301. The molecule has 0 aliphatic carbocycles. The van der Waals surface area contributed by atoms with Crippen LogP contribution in [0.5, 0.6) is 0 Å². The first-order valence-corrected chi connectivity index (χ1v) is 9.52. The molecule has 134 valence electrons. The van der Waals surface area contributed by atoms with Gasteiger partial charge < -0.3 is 9.80 Å². The number of rotatable bonds is 4. The van der Waals surface area contributed by atoms with Crippen LogP contribution in [0.3, 0.4) is 0 Å². The summed E-state index contributed by atoms with van der Waals surface area (Å²) in [5.41, 5.74) is 1.04. The highest BCUT2D eigenvalue weighted by atomic mass is 32.1. The molecule has 3 aromatic rings. The van der Waals surface area contributed by atoms with Gasteiger partial charge in [0.25, 0.3) is 11.5 Å². The van der Waals surface area contributed by atoms with Crippen LogP contribution >= 0.6 is 11.3 Å². The summed E-state index contributed by atoms with van der Waals surface area (Å²) in [6, 6.07) is 10.3. The Bertz CT molecular complexity index is 982. The molecule has 1 fully saturated rings. The summed E-state index contributed by atoms with van der Waals surface area (Å²) < 4.78 is 1.43. The fraction of sp³-hybridized carbons (Fsp3) is 0.316. The second-order valence-corrected chi connectivity index (χ2v) is 7.53. The summed E-state index contributed by atoms with van der Waals surface area (Å²) in [6.07, 6.45) is 4.09. The fourth-order valence-electron chi connectivity index (χ4n) is 3.50. The molecule has 0 bridgehead atoms. The lowest BCUT2D eigenvalue weighted by Crippen LogP contribution is -2.36. The van der Waals surface area contributed by atoms with Crippen LogP contribution in [0.15, 0.2) is 52.9 Å². The van der Waals surface area contributed by atoms with Crippen molar-refractivity contribution in [2.45, 2.75) is 6.42 Å². The minimum Gasteiger partial charge on any atom is -0.371 e. The number of fused-ring (bicyclic) bond motifs is 1. The molecule has 0 radical (unpaired) electrons. The van der Waals surface area contributed by atoms with Gasteiger partial charge in [-0.15, -0.1) is 11.3 Å². The number of thiazole rings is 1. The quantitative estimate of drug-likeness (QED) is 0.709. The van der Waals surface area contributed by atoms with Crippen molar-refractivity contribution in [3.8, 4) is 0 Å². The third-order valence-corrected chi connectivity index (χ3v) is 5.63. The zero-order valence-corrected chi connectivity index (χ0v) is 15.4. The van der Waals surface area contributed by atoms with E-state index >= 15 is 0 Å². The van der Waals surface area contributed by atoms with E-state index in [1.54, 1.807) is 23.5 Å². The van der Waals surface area contributed by atoms with Gasteiger partial charge in [-0.25, -0.2) is 4.98 Å². The maximum Gasteiger partial charge on any atom is 0.271 e. The number of para-hydroxylation sites is 1. The lowest BCUT2D eigenvalue weighted by Gasteiger charge is -2.22. The Hall–Kier alpha value is -2.67. The summed E-state index contributed by atoms with van der Waals surface area (Å²) in [6.45, 7) is 2.54. The first-order valence-electron chi connectivity index (χ1n) is 8.64. The summed E-state index contributed by atoms with van der Waals surface area (Å²) in [7, 11) is 1.76. The number of benzene rings is 1. The van der Waals surface area contributed by atoms with Crippen LogP contribution in [0.1, 0.15) is 16.8 Å². The number of carbonyl (C=O) groups is 1. The molecule has 4 rings (SSSR count). The summed E-state index contributed by atoms with van der Waals surface area (Å²) in [5, 5.41) is 1.79. The van der Waals surface area contributed by atoms with Gasteiger partial charge >= 0.3 is 0 Å². The number of hydrogen-bond acceptors (Lipinski definition) is 5. The zero-order chi connectivity index (χ0) is 18.1. The molecule has 26 heavy (non-hydrogen) atoms. The van der Waals surface area contributed by atoms with E-state index in [9.17, 15) is 9.59 Å². The van der Waals surface area contributed by atoms with Crippen molar-refractivity contribution in [3.05, 3.63) is 64.0 Å². The van der Waals surface area contributed by atoms with Crippen molar-refractivity contribution in [3.63, 3.8) is 0 Å². The monoisotopic (exact) mass is 368 g/mol. The molecule has 1 aromatic carbocycles. The molecule has 0 saturated carbocycles. The maximum atomic E-state index is 12.7. The van der Waals surface area contributed by atoms with Crippen LogP contribution in [-0.4, -0.2) is 46.9 Å². The van der Waals surface area contributed by atoms with Gasteiger partial charge in [-0.3, -0.25) is 14.0 Å². The van der Waals surface area contributed by atoms with Crippen molar-refractivity contribution in [2.75, 3.05) is 31.6 Å². The van der Waals surface area contributed by atoms with E-state index in [0.29, 0.717) is 17.4 Å². The maximum absolute atomic E-state index is 12.7. The molecule has 7 heteroatoms. The Kier molecular flexibility index (Phi) is 4.46. The van der Waals surface area contributed by atoms with E-state index in [-0.39, 0.29) is 17.0 Å². The van der Waals surface area contributed by atoms with E-state index in [2.05, 4.69) is 22.0 Å². The first kappa shape index (κ1) is 16.8. The van der Waals surface area contributed by atoms with Crippen LogP contribution in [0.4, 0.5) is 5.69 Å². The highest BCUT2D eigenvalue weighted by Crippen LogP contribution is 2.24. The lowest BCUT2D eigenvalue weighted by molar-refractivity contribution is 0.0774. The molecular weight excluding hydrogens is 348 g/mol. The number of carbonyl (C=O) groups excluding carboxylic acids is 1. The lowest BCUT2D eigenvalue weighted by atomic mass is 10.1. The fourth-order valence-corrected chi connectivity index (χ4v) is 4.18. The first-order chi connectivity index (χ1) is 12.6. The van der Waals surface area contributed by atoms with Crippen LogP contribution in [-0.2, 0) is 0 Å². The van der Waals surface area contributed by atoms with E-state index in [4.69, 9.17) is 0 Å². The molecule has 1 aliphatic rings. The molecule has 1 aliphatic heterocycles. The van der Waals surface area contributed by atoms with Crippen LogP contribution in [0.25, 0.3) is 4.96 Å². The van der Waals surface area contributed by atoms with Crippen molar-refractivity contribution < 1.29 is 4.79 Å². The average Bonchev–Trinajstić information content (AvgIpc) is 3.32. The van der Waals surface area contributed by atoms with Crippen molar-refractivity contribution in [1.29, 1.82) is 0 Å². The summed E-state index contributed by atoms with van der Waals surface area (Å²) >= 11 is 1.38. The van der Waals surface area contributed by atoms with Gasteiger partial charge in [0.15, 0.2) is 4.96 Å².